The molecule has 0 rings (SSSR count). The van der Waals surface area contributed by atoms with Crippen LogP contribution in [-0.2, 0) is 18.4 Å². The van der Waals surface area contributed by atoms with E-state index in [-0.39, 0.29) is 19.1 Å². The second-order valence-corrected chi connectivity index (χ2v) is 21.7. The van der Waals surface area contributed by atoms with Crippen LogP contribution in [0.25, 0.3) is 0 Å². The first-order valence-corrected chi connectivity index (χ1v) is 30.9. The average Bonchev–Trinajstić information content (AvgIpc) is 3.37. The van der Waals surface area contributed by atoms with E-state index in [4.69, 9.17) is 9.05 Å². The average molecular weight is 1060 g/mol. The molecule has 424 valence electrons. The summed E-state index contributed by atoms with van der Waals surface area (Å²) in [7, 11) is 1.50. The van der Waals surface area contributed by atoms with Crippen LogP contribution in [0.2, 0.25) is 0 Å². The molecule has 0 aliphatic heterocycles. The number of amides is 1. The Balaban J connectivity index is 4.34. The Hall–Kier alpha value is -3.88. The van der Waals surface area contributed by atoms with Crippen molar-refractivity contribution in [3.05, 3.63) is 158 Å². The number of aliphatic hydroxyl groups is 1. The highest BCUT2D eigenvalue weighted by molar-refractivity contribution is 7.47. The first kappa shape index (κ1) is 71.1. The maximum atomic E-state index is 13.0. The number of carbonyl (C=O) groups excluding carboxylic acids is 1. The van der Waals surface area contributed by atoms with Crippen LogP contribution < -0.4 is 5.32 Å². The molecule has 0 saturated heterocycles. The lowest BCUT2D eigenvalue weighted by atomic mass is 10.1. The fourth-order valence-electron chi connectivity index (χ4n) is 7.39. The lowest BCUT2D eigenvalue weighted by Crippen LogP contribution is -2.45. The summed E-state index contributed by atoms with van der Waals surface area (Å²) in [6.45, 7) is 4.62. The van der Waals surface area contributed by atoms with Gasteiger partial charge in [0.05, 0.1) is 39.9 Å². The van der Waals surface area contributed by atoms with Crippen molar-refractivity contribution in [1.82, 2.24) is 5.32 Å². The molecule has 0 fully saturated rings. The van der Waals surface area contributed by atoms with Crippen molar-refractivity contribution in [1.29, 1.82) is 0 Å². The van der Waals surface area contributed by atoms with Crippen LogP contribution in [-0.4, -0.2) is 73.4 Å². The second kappa shape index (κ2) is 54.9. The van der Waals surface area contributed by atoms with Crippen LogP contribution in [0.1, 0.15) is 200 Å². The van der Waals surface area contributed by atoms with Crippen molar-refractivity contribution in [3.8, 4) is 0 Å². The van der Waals surface area contributed by atoms with Gasteiger partial charge in [-0.25, -0.2) is 4.57 Å². The van der Waals surface area contributed by atoms with Gasteiger partial charge in [0.2, 0.25) is 5.91 Å². The standard InChI is InChI=1S/C66H109N2O6P/c1-6-8-10-12-14-16-18-20-22-24-26-27-28-29-30-31-32-33-34-35-36-37-38-39-40-41-42-44-46-48-50-52-54-56-58-60-66(70)67-64(63-74-75(71,72)73-62-61-68(3,4)5)65(69)59-57-55-53-51-49-47-45-43-25-23-21-19-17-15-13-11-9-7-2/h8,10,14,16,20,22,25-27,29-30,32-33,35-36,38-39,41-43,46,48-49,51,57,59,64-65,69H,6-7,9,11-13,15,17-19,21,23-24,28,31,34,37,40,44-45,47,50,52-56,58,60-63H2,1-5H3,(H-,67,70,71,72)/p+1/b10-8-,16-14-,22-20-,27-26-,30-29-,33-32-,36-35-,39-38-,42-41-,43-25+,48-46-,51-49+,59-57+. The fourth-order valence-corrected chi connectivity index (χ4v) is 8.13. The highest BCUT2D eigenvalue weighted by atomic mass is 31.2. The van der Waals surface area contributed by atoms with Crippen LogP contribution in [0, 0.1) is 0 Å². The van der Waals surface area contributed by atoms with E-state index < -0.39 is 20.0 Å². The zero-order valence-electron chi connectivity index (χ0n) is 48.2. The third-order valence-corrected chi connectivity index (χ3v) is 12.9. The quantitative estimate of drug-likeness (QED) is 0.0243. The maximum absolute atomic E-state index is 13.0. The largest absolute Gasteiger partial charge is 0.472 e. The summed E-state index contributed by atoms with van der Waals surface area (Å²) >= 11 is 0. The van der Waals surface area contributed by atoms with Crippen molar-refractivity contribution >= 4 is 13.7 Å². The van der Waals surface area contributed by atoms with Crippen molar-refractivity contribution in [3.63, 3.8) is 0 Å². The molecule has 9 heteroatoms. The normalized spacial score (nSPS) is 15.0. The number of nitrogens with one attached hydrogen (secondary N) is 1. The van der Waals surface area contributed by atoms with Gasteiger partial charge in [0.1, 0.15) is 13.2 Å². The van der Waals surface area contributed by atoms with Crippen LogP contribution in [0.4, 0.5) is 0 Å². The molecule has 0 saturated carbocycles. The van der Waals surface area contributed by atoms with Gasteiger partial charge < -0.3 is 19.8 Å². The third-order valence-electron chi connectivity index (χ3n) is 12.0. The lowest BCUT2D eigenvalue weighted by molar-refractivity contribution is -0.870. The Morgan fingerprint density at radius 2 is 0.813 bits per heavy atom. The summed E-state index contributed by atoms with van der Waals surface area (Å²) in [6, 6.07) is -0.896. The number of likely N-dealkylation sites (N-methyl/N-ethyl adjacent to an activating group) is 1. The molecule has 0 aromatic heterocycles. The molecular weight excluding hydrogens is 948 g/mol. The van der Waals surface area contributed by atoms with E-state index >= 15 is 0 Å². The van der Waals surface area contributed by atoms with Gasteiger partial charge in [0.25, 0.3) is 0 Å². The topological polar surface area (TPSA) is 105 Å². The summed E-state index contributed by atoms with van der Waals surface area (Å²) < 4.78 is 23.6. The Morgan fingerprint density at radius 3 is 1.23 bits per heavy atom. The van der Waals surface area contributed by atoms with E-state index in [0.717, 1.165) is 122 Å². The summed E-state index contributed by atoms with van der Waals surface area (Å²) in [5.41, 5.74) is 0. The third kappa shape index (κ3) is 57.7. The molecule has 3 atom stereocenters. The van der Waals surface area contributed by atoms with E-state index in [1.807, 2.05) is 27.2 Å². The molecule has 3 N–H and O–H groups in total. The number of aliphatic hydroxyl groups excluding tert-OH is 1. The van der Waals surface area contributed by atoms with Crippen molar-refractivity contribution in [2.45, 2.75) is 212 Å². The maximum Gasteiger partial charge on any atom is 0.472 e. The number of hydrogen-bond donors (Lipinski definition) is 3. The fraction of sp³-hybridized carbons (Fsp3) is 0.591. The Kier molecular flexibility index (Phi) is 52.1. The molecule has 0 aliphatic carbocycles. The number of unbranched alkanes of at least 4 members (excludes halogenated alkanes) is 14. The molecule has 0 heterocycles. The minimum absolute atomic E-state index is 0.0390. The van der Waals surface area contributed by atoms with E-state index in [1.54, 1.807) is 6.08 Å². The number of carbonyl (C=O) groups is 1. The smallest absolute Gasteiger partial charge is 0.387 e. The van der Waals surface area contributed by atoms with E-state index in [1.165, 1.54) is 57.8 Å². The first-order chi connectivity index (χ1) is 36.5. The Bertz CT molecular complexity index is 1770. The van der Waals surface area contributed by atoms with E-state index in [2.05, 4.69) is 165 Å². The summed E-state index contributed by atoms with van der Waals surface area (Å²) in [5, 5.41) is 13.9. The molecule has 0 aliphatic rings. The van der Waals surface area contributed by atoms with Gasteiger partial charge in [0, 0.05) is 6.42 Å². The highest BCUT2D eigenvalue weighted by Gasteiger charge is 2.27. The summed E-state index contributed by atoms with van der Waals surface area (Å²) in [6.07, 6.45) is 86.3. The molecule has 0 radical (unpaired) electrons. The number of rotatable bonds is 51. The molecule has 0 bridgehead atoms. The highest BCUT2D eigenvalue weighted by Crippen LogP contribution is 2.43. The number of hydrogen-bond acceptors (Lipinski definition) is 5. The van der Waals surface area contributed by atoms with Crippen LogP contribution in [0.5, 0.6) is 0 Å². The SMILES string of the molecule is CC/C=C\C/C=C\C/C=C\C/C=C\C/C=C\C/C=C\C/C=C\C/C=C\C/C=C\C/C=C\CCCCCCC(=O)NC(COP(=O)(O)OCC[N+](C)(C)C)C(O)/C=C/CC/C=C/CC/C=C/CCCCCCCCCC. The molecule has 0 spiro atoms. The van der Waals surface area contributed by atoms with Crippen molar-refractivity contribution in [2.24, 2.45) is 0 Å². The van der Waals surface area contributed by atoms with Gasteiger partial charge in [0.15, 0.2) is 0 Å². The van der Waals surface area contributed by atoms with Gasteiger partial charge >= 0.3 is 7.82 Å². The molecule has 3 unspecified atom stereocenters. The minimum Gasteiger partial charge on any atom is -0.387 e. The van der Waals surface area contributed by atoms with Gasteiger partial charge in [-0.15, -0.1) is 0 Å². The Labute approximate surface area is 461 Å². The van der Waals surface area contributed by atoms with Crippen molar-refractivity contribution < 1.29 is 32.9 Å². The lowest BCUT2D eigenvalue weighted by Gasteiger charge is -2.25. The summed E-state index contributed by atoms with van der Waals surface area (Å²) in [5.74, 6) is -0.223. The number of allylic oxidation sites excluding steroid dienone is 25. The predicted octanol–water partition coefficient (Wildman–Crippen LogP) is 18.3. The molecule has 1 amide bonds. The predicted molar refractivity (Wildman–Crippen MR) is 327 cm³/mol. The zero-order chi connectivity index (χ0) is 54.9. The number of phosphoric ester groups is 1. The van der Waals surface area contributed by atoms with Gasteiger partial charge in [-0.1, -0.05) is 230 Å². The van der Waals surface area contributed by atoms with Gasteiger partial charge in [-0.3, -0.25) is 13.8 Å². The second-order valence-electron chi connectivity index (χ2n) is 20.3. The monoisotopic (exact) mass is 1060 g/mol. The first-order valence-electron chi connectivity index (χ1n) is 29.4. The van der Waals surface area contributed by atoms with Crippen molar-refractivity contribution in [2.75, 3.05) is 40.9 Å². The zero-order valence-corrected chi connectivity index (χ0v) is 49.1. The number of quaternary nitrogens is 1. The van der Waals surface area contributed by atoms with E-state index in [9.17, 15) is 19.4 Å². The van der Waals surface area contributed by atoms with Gasteiger partial charge in [-0.05, 0) is 122 Å². The van der Waals surface area contributed by atoms with Crippen LogP contribution in [0.15, 0.2) is 158 Å². The number of phosphoric acid groups is 1. The Morgan fingerprint density at radius 1 is 0.467 bits per heavy atom. The number of nitrogens with zero attached hydrogens (tertiary/aromatic N) is 1. The van der Waals surface area contributed by atoms with Crippen LogP contribution in [0.3, 0.4) is 0 Å². The minimum atomic E-state index is -4.38. The van der Waals surface area contributed by atoms with E-state index in [0.29, 0.717) is 17.4 Å². The summed E-state index contributed by atoms with van der Waals surface area (Å²) in [4.78, 5) is 23.3. The molecular formula is C66H110N2O6P+. The molecule has 0 aromatic rings. The molecule has 0 aromatic carbocycles. The molecule has 75 heavy (non-hydrogen) atoms. The molecule has 8 nitrogen and oxygen atoms in total. The van der Waals surface area contributed by atoms with Gasteiger partial charge in [-0.2, -0.15) is 0 Å². The van der Waals surface area contributed by atoms with Crippen LogP contribution >= 0.6 is 7.82 Å².